The van der Waals surface area contributed by atoms with Crippen LogP contribution in [-0.4, -0.2) is 134 Å². The van der Waals surface area contributed by atoms with Gasteiger partial charge in [0.05, 0.1) is 25.6 Å². The van der Waals surface area contributed by atoms with E-state index >= 15 is 0 Å². The summed E-state index contributed by atoms with van der Waals surface area (Å²) in [6.07, 6.45) is 21.2. The number of nitrogen functional groups attached to an aromatic ring is 1. The molecule has 1 fully saturated rings. The molecule has 0 aliphatic carbocycles. The molecule has 2 amide bonds. The van der Waals surface area contributed by atoms with Crippen molar-refractivity contribution in [3.63, 3.8) is 0 Å². The smallest absolute Gasteiger partial charge is 0.393 e. The Morgan fingerprint density at radius 1 is 0.829 bits per heavy atom. The van der Waals surface area contributed by atoms with Gasteiger partial charge in [-0.15, -0.1) is 0 Å². The fourth-order valence-corrected chi connectivity index (χ4v) is 11.7. The molecule has 29 heteroatoms. The molecule has 8 atom stereocenters. The number of rotatable bonds is 42. The SMILES string of the molecule is CCCCCCCC/C=C\CCCCCCCCCCCCC[C@@H](O)CC(=O)SCCNC(=O)CCNC(=O)[C@H](O)C(C)(C)COP(=O)(O)OP(=O)(O)OC[C@H]1O[C@@H](n2cnc3c(N)ncnc32)[C@H](O)[C@@H]1OP(=O)(O)O. The number of fused-ring (bicyclic) bond motifs is 1. The van der Waals surface area contributed by atoms with Crippen LogP contribution >= 0.6 is 35.2 Å². The van der Waals surface area contributed by atoms with E-state index in [0.717, 1.165) is 48.2 Å². The number of nitrogens with one attached hydrogen (secondary N) is 2. The topological polar surface area (TPSA) is 384 Å². The monoisotopic (exact) mass is 1160 g/mol. The van der Waals surface area contributed by atoms with E-state index in [1.807, 2.05) is 0 Å². The van der Waals surface area contributed by atoms with Crippen molar-refractivity contribution in [2.75, 3.05) is 37.8 Å². The second-order valence-electron chi connectivity index (χ2n) is 19.6. The number of aliphatic hydroxyl groups is 3. The number of unbranched alkanes of at least 4 members (excludes halogenated alkanes) is 17. The molecule has 1 saturated heterocycles. The van der Waals surface area contributed by atoms with Gasteiger partial charge >= 0.3 is 23.5 Å². The summed E-state index contributed by atoms with van der Waals surface area (Å²) >= 11 is 1.00. The van der Waals surface area contributed by atoms with Crippen molar-refractivity contribution in [1.29, 1.82) is 0 Å². The Bertz CT molecular complexity index is 2220. The molecule has 2 aromatic heterocycles. The molecule has 0 spiro atoms. The van der Waals surface area contributed by atoms with Crippen molar-refractivity contribution in [3.05, 3.63) is 24.8 Å². The van der Waals surface area contributed by atoms with Gasteiger partial charge in [-0.25, -0.2) is 28.6 Å². The molecule has 436 valence electrons. The highest BCUT2D eigenvalue weighted by atomic mass is 32.2. The van der Waals surface area contributed by atoms with E-state index in [2.05, 4.69) is 53.5 Å². The number of aliphatic hydroxyl groups excluding tert-OH is 3. The number of thioether (sulfide) groups is 1. The molecule has 0 aromatic carbocycles. The van der Waals surface area contributed by atoms with Gasteiger partial charge in [-0.05, 0) is 32.1 Å². The van der Waals surface area contributed by atoms with Crippen LogP contribution in [0.15, 0.2) is 24.8 Å². The highest BCUT2D eigenvalue weighted by molar-refractivity contribution is 8.13. The number of phosphoric ester groups is 3. The van der Waals surface area contributed by atoms with E-state index in [1.165, 1.54) is 117 Å². The summed E-state index contributed by atoms with van der Waals surface area (Å²) in [6.45, 7) is 2.66. The summed E-state index contributed by atoms with van der Waals surface area (Å²) in [5, 5.41) is 36.8. The zero-order valence-electron chi connectivity index (χ0n) is 44.1. The second kappa shape index (κ2) is 35.1. The minimum Gasteiger partial charge on any atom is -0.393 e. The van der Waals surface area contributed by atoms with Crippen LogP contribution in [0.1, 0.15) is 168 Å². The van der Waals surface area contributed by atoms with Gasteiger partial charge in [-0.1, -0.05) is 141 Å². The first-order chi connectivity index (χ1) is 35.9. The maximum atomic E-state index is 12.8. The van der Waals surface area contributed by atoms with E-state index in [-0.39, 0.29) is 53.8 Å². The molecule has 3 heterocycles. The number of nitrogens with two attached hydrogens (primary N) is 1. The average molecular weight is 1160 g/mol. The number of carbonyl (C=O) groups excluding carboxylic acids is 3. The van der Waals surface area contributed by atoms with Crippen LogP contribution in [0, 0.1) is 5.41 Å². The Hall–Kier alpha value is -2.74. The van der Waals surface area contributed by atoms with Gasteiger partial charge in [0, 0.05) is 37.1 Å². The first kappa shape index (κ1) is 67.5. The normalized spacial score (nSPS) is 19.7. The van der Waals surface area contributed by atoms with Gasteiger partial charge in [-0.3, -0.25) is 32.5 Å². The van der Waals surface area contributed by atoms with Crippen LogP contribution < -0.4 is 16.4 Å². The first-order valence-electron chi connectivity index (χ1n) is 26.3. The van der Waals surface area contributed by atoms with E-state index < -0.39 is 90.7 Å². The average Bonchev–Trinajstić information content (AvgIpc) is 3.91. The Kier molecular flexibility index (Phi) is 31.2. The number of hydrogen-bond donors (Lipinski definition) is 10. The summed E-state index contributed by atoms with van der Waals surface area (Å²) in [4.78, 5) is 88.7. The molecule has 25 nitrogen and oxygen atoms in total. The van der Waals surface area contributed by atoms with Gasteiger partial charge < -0.3 is 56.0 Å². The number of anilines is 1. The zero-order valence-corrected chi connectivity index (χ0v) is 47.6. The molecular formula is C47H84N7O18P3S. The molecule has 3 rings (SSSR count). The molecule has 2 aromatic rings. The largest absolute Gasteiger partial charge is 0.481 e. The molecular weight excluding hydrogens is 1080 g/mol. The fraction of sp³-hybridized carbons (Fsp3) is 0.787. The van der Waals surface area contributed by atoms with Crippen LogP contribution in [0.3, 0.4) is 0 Å². The zero-order chi connectivity index (χ0) is 56.2. The van der Waals surface area contributed by atoms with E-state index in [9.17, 15) is 63.0 Å². The molecule has 0 radical (unpaired) electrons. The third-order valence-electron chi connectivity index (χ3n) is 12.5. The lowest BCUT2D eigenvalue weighted by atomic mass is 9.87. The molecule has 0 bridgehead atoms. The number of hydrogen-bond acceptors (Lipinski definition) is 19. The number of nitrogens with zero attached hydrogens (tertiary/aromatic N) is 4. The summed E-state index contributed by atoms with van der Waals surface area (Å²) in [5.74, 6) is -1.22. The number of amides is 2. The number of ether oxygens (including phenoxy) is 1. The van der Waals surface area contributed by atoms with Crippen molar-refractivity contribution in [2.24, 2.45) is 5.41 Å². The summed E-state index contributed by atoms with van der Waals surface area (Å²) in [6, 6.07) is 0. The van der Waals surface area contributed by atoms with Crippen LogP contribution in [0.5, 0.6) is 0 Å². The van der Waals surface area contributed by atoms with Crippen molar-refractivity contribution < 1.29 is 85.6 Å². The Labute approximate surface area is 450 Å². The molecule has 2 unspecified atom stereocenters. The van der Waals surface area contributed by atoms with Gasteiger partial charge in [0.1, 0.15) is 36.3 Å². The highest BCUT2D eigenvalue weighted by Gasteiger charge is 2.50. The number of imidazole rings is 1. The minimum atomic E-state index is -5.59. The van der Waals surface area contributed by atoms with Gasteiger partial charge in [-0.2, -0.15) is 4.31 Å². The fourth-order valence-electron chi connectivity index (χ4n) is 8.16. The van der Waals surface area contributed by atoms with E-state index in [4.69, 9.17) is 19.5 Å². The third-order valence-corrected chi connectivity index (χ3v) is 16.5. The maximum Gasteiger partial charge on any atom is 0.481 e. The number of phosphoric acid groups is 3. The summed E-state index contributed by atoms with van der Waals surface area (Å²) in [7, 11) is -16.5. The van der Waals surface area contributed by atoms with Gasteiger partial charge in [0.25, 0.3) is 0 Å². The summed E-state index contributed by atoms with van der Waals surface area (Å²) in [5.41, 5.74) is 4.26. The van der Waals surface area contributed by atoms with Crippen LogP contribution in [0.4, 0.5) is 5.82 Å². The van der Waals surface area contributed by atoms with Crippen LogP contribution in [0.25, 0.3) is 11.2 Å². The molecule has 1 aliphatic heterocycles. The van der Waals surface area contributed by atoms with Crippen molar-refractivity contribution in [1.82, 2.24) is 30.2 Å². The van der Waals surface area contributed by atoms with Crippen molar-refractivity contribution >= 4 is 69.1 Å². The lowest BCUT2D eigenvalue weighted by Crippen LogP contribution is -2.46. The quantitative estimate of drug-likeness (QED) is 0.0186. The Morgan fingerprint density at radius 2 is 1.41 bits per heavy atom. The van der Waals surface area contributed by atoms with Crippen LogP contribution in [-0.2, 0) is 50.7 Å². The highest BCUT2D eigenvalue weighted by Crippen LogP contribution is 2.61. The molecule has 1 aliphatic rings. The predicted molar refractivity (Wildman–Crippen MR) is 285 cm³/mol. The standard InChI is InChI=1S/C47H84N7O18P3S/c1-4-5-6-7-8-9-10-11-12-13-14-15-16-17-18-19-20-21-22-23-24-25-35(55)30-38(57)76-29-28-49-37(56)26-27-50-45(60)42(59)47(2,3)32-69-75(66,67)72-74(64,65)68-31-36-41(71-73(61,62)63)40(58)46(70-36)54-34-53-39-43(48)51-33-52-44(39)54/h11-12,33-36,40-42,46,55,58-59H,4-10,13-32H2,1-3H3,(H,49,56)(H,50,60)(H,64,65)(H,66,67)(H2,48,51,52)(H2,61,62,63)/b12-11-/t35-,36-,40-,41-,42+,46-/m1/s1. The van der Waals surface area contributed by atoms with Gasteiger partial charge in [0.2, 0.25) is 11.8 Å². The minimum absolute atomic E-state index is 0.0238. The van der Waals surface area contributed by atoms with Crippen molar-refractivity contribution in [2.45, 2.75) is 199 Å². The maximum absolute atomic E-state index is 12.8. The van der Waals surface area contributed by atoms with Gasteiger partial charge in [0.15, 0.2) is 22.8 Å². The second-order valence-corrected chi connectivity index (χ2v) is 25.0. The van der Waals surface area contributed by atoms with E-state index in [1.54, 1.807) is 0 Å². The van der Waals surface area contributed by atoms with Crippen LogP contribution in [0.2, 0.25) is 0 Å². The predicted octanol–water partition coefficient (Wildman–Crippen LogP) is 6.79. The molecule has 76 heavy (non-hydrogen) atoms. The Morgan fingerprint density at radius 3 is 2.01 bits per heavy atom. The lowest BCUT2D eigenvalue weighted by molar-refractivity contribution is -0.137. The number of carbonyl (C=O) groups is 3. The number of aromatic nitrogens is 4. The lowest BCUT2D eigenvalue weighted by Gasteiger charge is -2.30. The summed E-state index contributed by atoms with van der Waals surface area (Å²) < 4.78 is 62.5. The molecule has 11 N–H and O–H groups in total. The first-order valence-corrected chi connectivity index (χ1v) is 31.8. The molecule has 0 saturated carbocycles. The van der Waals surface area contributed by atoms with E-state index in [0.29, 0.717) is 6.42 Å². The Balaban J connectivity index is 1.22. The van der Waals surface area contributed by atoms with Crippen molar-refractivity contribution in [3.8, 4) is 0 Å². The number of allylic oxidation sites excluding steroid dienone is 2. The third kappa shape index (κ3) is 26.9.